The van der Waals surface area contributed by atoms with Crippen LogP contribution in [-0.4, -0.2) is 47.2 Å². The Hall–Kier alpha value is -3.22. The van der Waals surface area contributed by atoms with Crippen molar-refractivity contribution in [3.8, 4) is 0 Å². The van der Waals surface area contributed by atoms with Gasteiger partial charge >= 0.3 is 11.8 Å². The highest BCUT2D eigenvalue weighted by Gasteiger charge is 2.24. The SMILES string of the molecule is O=C(NCc1ccccc1)C(=O)NCC1CCN(C(=O)c2ccncc2)CC1. The van der Waals surface area contributed by atoms with Gasteiger partial charge in [-0.15, -0.1) is 0 Å². The second-order valence-electron chi connectivity index (χ2n) is 6.85. The summed E-state index contributed by atoms with van der Waals surface area (Å²) in [5.74, 6) is -0.988. The summed E-state index contributed by atoms with van der Waals surface area (Å²) in [6.07, 6.45) is 4.81. The summed E-state index contributed by atoms with van der Waals surface area (Å²) >= 11 is 0. The molecular weight excluding hydrogens is 356 g/mol. The maximum absolute atomic E-state index is 12.4. The molecule has 1 saturated heterocycles. The summed E-state index contributed by atoms with van der Waals surface area (Å²) in [5, 5.41) is 5.32. The van der Waals surface area contributed by atoms with Crippen LogP contribution in [0.4, 0.5) is 0 Å². The van der Waals surface area contributed by atoms with Crippen molar-refractivity contribution in [1.82, 2.24) is 20.5 Å². The molecule has 0 spiro atoms. The van der Waals surface area contributed by atoms with E-state index in [1.807, 2.05) is 35.2 Å². The van der Waals surface area contributed by atoms with Gasteiger partial charge in [0.2, 0.25) is 0 Å². The van der Waals surface area contributed by atoms with Gasteiger partial charge in [-0.3, -0.25) is 19.4 Å². The Labute approximate surface area is 164 Å². The molecule has 3 amide bonds. The van der Waals surface area contributed by atoms with Crippen LogP contribution in [-0.2, 0) is 16.1 Å². The van der Waals surface area contributed by atoms with E-state index in [0.717, 1.165) is 18.4 Å². The largest absolute Gasteiger partial charge is 0.348 e. The molecule has 0 atom stereocenters. The Balaban J connectivity index is 1.37. The molecule has 2 heterocycles. The minimum absolute atomic E-state index is 0.00479. The number of hydrogen-bond donors (Lipinski definition) is 2. The van der Waals surface area contributed by atoms with E-state index in [1.165, 1.54) is 0 Å². The van der Waals surface area contributed by atoms with Crippen molar-refractivity contribution in [3.63, 3.8) is 0 Å². The minimum Gasteiger partial charge on any atom is -0.348 e. The number of nitrogens with zero attached hydrogens (tertiary/aromatic N) is 2. The Morgan fingerprint density at radius 1 is 0.929 bits per heavy atom. The third-order valence-corrected chi connectivity index (χ3v) is 4.88. The minimum atomic E-state index is -0.630. The zero-order valence-electron chi connectivity index (χ0n) is 15.6. The Morgan fingerprint density at radius 2 is 1.57 bits per heavy atom. The molecule has 2 N–H and O–H groups in total. The zero-order chi connectivity index (χ0) is 19.8. The van der Waals surface area contributed by atoms with E-state index < -0.39 is 11.8 Å². The Bertz CT molecular complexity index is 803. The van der Waals surface area contributed by atoms with Gasteiger partial charge in [-0.25, -0.2) is 0 Å². The molecule has 2 aromatic rings. The Morgan fingerprint density at radius 3 is 2.25 bits per heavy atom. The molecule has 7 heteroatoms. The van der Waals surface area contributed by atoms with E-state index in [9.17, 15) is 14.4 Å². The highest BCUT2D eigenvalue weighted by Crippen LogP contribution is 2.18. The molecule has 7 nitrogen and oxygen atoms in total. The molecule has 0 bridgehead atoms. The van der Waals surface area contributed by atoms with Gasteiger partial charge in [0, 0.05) is 44.1 Å². The van der Waals surface area contributed by atoms with Crippen molar-refractivity contribution in [2.24, 2.45) is 5.92 Å². The molecular formula is C21H24N4O3. The average Bonchev–Trinajstić information content (AvgIpc) is 2.77. The fourth-order valence-corrected chi connectivity index (χ4v) is 3.19. The van der Waals surface area contributed by atoms with Gasteiger partial charge in [-0.1, -0.05) is 30.3 Å². The standard InChI is InChI=1S/C21H24N4O3/c26-19(23-14-16-4-2-1-3-5-16)20(27)24-15-17-8-12-25(13-9-17)21(28)18-6-10-22-11-7-18/h1-7,10-11,17H,8-9,12-15H2,(H,23,26)(H,24,27). The van der Waals surface area contributed by atoms with Crippen molar-refractivity contribution >= 4 is 17.7 Å². The molecule has 28 heavy (non-hydrogen) atoms. The van der Waals surface area contributed by atoms with Crippen LogP contribution in [0.3, 0.4) is 0 Å². The predicted octanol–water partition coefficient (Wildman–Crippen LogP) is 1.37. The summed E-state index contributed by atoms with van der Waals surface area (Å²) in [6, 6.07) is 12.9. The average molecular weight is 380 g/mol. The highest BCUT2D eigenvalue weighted by atomic mass is 16.2. The molecule has 0 unspecified atom stereocenters. The molecule has 1 aromatic carbocycles. The van der Waals surface area contributed by atoms with Gasteiger partial charge in [0.1, 0.15) is 0 Å². The molecule has 3 rings (SSSR count). The predicted molar refractivity (Wildman–Crippen MR) is 104 cm³/mol. The van der Waals surface area contributed by atoms with Gasteiger partial charge in [0.05, 0.1) is 0 Å². The monoisotopic (exact) mass is 380 g/mol. The summed E-state index contributed by atoms with van der Waals surface area (Å²) in [5.41, 5.74) is 1.58. The third-order valence-electron chi connectivity index (χ3n) is 4.88. The molecule has 0 radical (unpaired) electrons. The van der Waals surface area contributed by atoms with Crippen LogP contribution >= 0.6 is 0 Å². The molecule has 1 fully saturated rings. The van der Waals surface area contributed by atoms with Crippen LogP contribution < -0.4 is 10.6 Å². The number of carbonyl (C=O) groups is 3. The first-order valence-electron chi connectivity index (χ1n) is 9.42. The molecule has 146 valence electrons. The summed E-state index contributed by atoms with van der Waals surface area (Å²) in [7, 11) is 0. The molecule has 1 aliphatic rings. The Kier molecular flexibility index (Phi) is 6.73. The summed E-state index contributed by atoms with van der Waals surface area (Å²) in [4.78, 5) is 42.0. The lowest BCUT2D eigenvalue weighted by Gasteiger charge is -2.32. The van der Waals surface area contributed by atoms with Gasteiger partial charge in [0.15, 0.2) is 0 Å². The number of likely N-dealkylation sites (tertiary alicyclic amines) is 1. The molecule has 1 aliphatic heterocycles. The van der Waals surface area contributed by atoms with Gasteiger partial charge in [-0.2, -0.15) is 0 Å². The van der Waals surface area contributed by atoms with E-state index >= 15 is 0 Å². The first-order valence-corrected chi connectivity index (χ1v) is 9.42. The van der Waals surface area contributed by atoms with Crippen molar-refractivity contribution < 1.29 is 14.4 Å². The number of amides is 3. The van der Waals surface area contributed by atoms with Crippen LogP contribution in [0.1, 0.15) is 28.8 Å². The lowest BCUT2D eigenvalue weighted by Crippen LogP contribution is -2.44. The van der Waals surface area contributed by atoms with Crippen LogP contribution in [0.25, 0.3) is 0 Å². The maximum atomic E-state index is 12.4. The van der Waals surface area contributed by atoms with Crippen LogP contribution in [0, 0.1) is 5.92 Å². The topological polar surface area (TPSA) is 91.4 Å². The van der Waals surface area contributed by atoms with Crippen molar-refractivity contribution in [3.05, 3.63) is 66.0 Å². The number of rotatable bonds is 5. The van der Waals surface area contributed by atoms with Crippen molar-refractivity contribution in [2.45, 2.75) is 19.4 Å². The van der Waals surface area contributed by atoms with Gasteiger partial charge < -0.3 is 15.5 Å². The normalized spacial score (nSPS) is 14.4. The first kappa shape index (κ1) is 19.5. The van der Waals surface area contributed by atoms with Crippen molar-refractivity contribution in [1.29, 1.82) is 0 Å². The summed E-state index contributed by atoms with van der Waals surface area (Å²) < 4.78 is 0. The van der Waals surface area contributed by atoms with E-state index in [4.69, 9.17) is 0 Å². The number of hydrogen-bond acceptors (Lipinski definition) is 4. The fraction of sp³-hybridized carbons (Fsp3) is 0.333. The van der Waals surface area contributed by atoms with E-state index in [2.05, 4.69) is 15.6 Å². The number of benzene rings is 1. The maximum Gasteiger partial charge on any atom is 0.309 e. The number of piperidine rings is 1. The van der Waals surface area contributed by atoms with Gasteiger partial charge in [0.25, 0.3) is 5.91 Å². The van der Waals surface area contributed by atoms with Crippen LogP contribution in [0.5, 0.6) is 0 Å². The second-order valence-corrected chi connectivity index (χ2v) is 6.85. The lowest BCUT2D eigenvalue weighted by molar-refractivity contribution is -0.139. The number of pyridine rings is 1. The lowest BCUT2D eigenvalue weighted by atomic mass is 9.96. The van der Waals surface area contributed by atoms with Crippen LogP contribution in [0.2, 0.25) is 0 Å². The number of nitrogens with one attached hydrogen (secondary N) is 2. The number of aromatic nitrogens is 1. The van der Waals surface area contributed by atoms with E-state index in [0.29, 0.717) is 31.7 Å². The van der Waals surface area contributed by atoms with E-state index in [-0.39, 0.29) is 11.8 Å². The fourth-order valence-electron chi connectivity index (χ4n) is 3.19. The van der Waals surface area contributed by atoms with E-state index in [1.54, 1.807) is 24.5 Å². The molecule has 0 saturated carbocycles. The smallest absolute Gasteiger partial charge is 0.309 e. The van der Waals surface area contributed by atoms with Crippen LogP contribution in [0.15, 0.2) is 54.9 Å². The second kappa shape index (κ2) is 9.64. The van der Waals surface area contributed by atoms with Crippen molar-refractivity contribution in [2.75, 3.05) is 19.6 Å². The zero-order valence-corrected chi connectivity index (χ0v) is 15.6. The molecule has 0 aliphatic carbocycles. The highest BCUT2D eigenvalue weighted by molar-refractivity contribution is 6.35. The molecule has 1 aromatic heterocycles. The quantitative estimate of drug-likeness (QED) is 0.767. The number of carbonyl (C=O) groups excluding carboxylic acids is 3. The first-order chi connectivity index (χ1) is 13.6. The van der Waals surface area contributed by atoms with Gasteiger partial charge in [-0.05, 0) is 36.5 Å². The summed E-state index contributed by atoms with van der Waals surface area (Å²) in [6.45, 7) is 2.04. The third kappa shape index (κ3) is 5.39.